The fourth-order valence-corrected chi connectivity index (χ4v) is 2.00. The lowest BCUT2D eigenvalue weighted by atomic mass is 10.3. The van der Waals surface area contributed by atoms with Crippen LogP contribution in [0.5, 0.6) is 0 Å². The van der Waals surface area contributed by atoms with Crippen molar-refractivity contribution in [3.63, 3.8) is 0 Å². The van der Waals surface area contributed by atoms with Gasteiger partial charge in [-0.1, -0.05) is 0 Å². The van der Waals surface area contributed by atoms with Crippen molar-refractivity contribution < 1.29 is 14.5 Å². The number of carbonyl (C=O) groups excluding carboxylic acids is 1. The van der Waals surface area contributed by atoms with Crippen LogP contribution in [-0.2, 0) is 9.53 Å². The lowest BCUT2D eigenvalue weighted by molar-refractivity contribution is -0.384. The molecule has 1 aliphatic rings. The monoisotopic (exact) mass is 295 g/mol. The van der Waals surface area contributed by atoms with E-state index in [1.807, 2.05) is 0 Å². The Labute approximate surface area is 121 Å². The molecule has 2 heterocycles. The van der Waals surface area contributed by atoms with E-state index in [0.717, 1.165) is 0 Å². The van der Waals surface area contributed by atoms with E-state index >= 15 is 0 Å². The van der Waals surface area contributed by atoms with Gasteiger partial charge in [0.05, 0.1) is 30.3 Å². The van der Waals surface area contributed by atoms with Crippen molar-refractivity contribution in [2.24, 2.45) is 0 Å². The Kier molecular flexibility index (Phi) is 4.88. The maximum absolute atomic E-state index is 11.9. The van der Waals surface area contributed by atoms with Crippen molar-refractivity contribution in [2.45, 2.75) is 6.42 Å². The molecular weight excluding hydrogens is 278 g/mol. The van der Waals surface area contributed by atoms with Gasteiger partial charge in [0, 0.05) is 26.1 Å². The molecule has 1 saturated heterocycles. The number of rotatable bonds is 5. The van der Waals surface area contributed by atoms with Gasteiger partial charge in [-0.25, -0.2) is 4.98 Å². The first-order chi connectivity index (χ1) is 10.1. The van der Waals surface area contributed by atoms with Crippen molar-refractivity contribution in [1.82, 2.24) is 9.88 Å². The van der Waals surface area contributed by atoms with Gasteiger partial charge < -0.3 is 20.7 Å². The summed E-state index contributed by atoms with van der Waals surface area (Å²) >= 11 is 0. The van der Waals surface area contributed by atoms with Gasteiger partial charge in [-0.2, -0.15) is 0 Å². The van der Waals surface area contributed by atoms with Crippen LogP contribution in [-0.4, -0.2) is 53.6 Å². The molecule has 0 unspecified atom stereocenters. The third-order valence-corrected chi connectivity index (χ3v) is 3.05. The van der Waals surface area contributed by atoms with Crippen LogP contribution in [0.4, 0.5) is 17.3 Å². The summed E-state index contributed by atoms with van der Waals surface area (Å²) in [5.74, 6) is 0.367. The van der Waals surface area contributed by atoms with E-state index in [1.165, 1.54) is 12.1 Å². The highest BCUT2D eigenvalue weighted by molar-refractivity contribution is 5.76. The standard InChI is InChI=1S/C12H17N5O4/c13-10-7-9(17(19)20)8-11(15-10)14-2-1-12(18)16-3-5-21-6-4-16/h7-8H,1-6H2,(H3,13,14,15). The molecule has 9 nitrogen and oxygen atoms in total. The summed E-state index contributed by atoms with van der Waals surface area (Å²) in [7, 11) is 0. The number of amides is 1. The first-order valence-corrected chi connectivity index (χ1v) is 6.57. The van der Waals surface area contributed by atoms with E-state index < -0.39 is 4.92 Å². The summed E-state index contributed by atoms with van der Waals surface area (Å²) in [6.45, 7) is 2.65. The number of hydrogen-bond donors (Lipinski definition) is 2. The van der Waals surface area contributed by atoms with Crippen molar-refractivity contribution in [3.05, 3.63) is 22.2 Å². The number of pyridine rings is 1. The van der Waals surface area contributed by atoms with E-state index in [-0.39, 0.29) is 29.7 Å². The van der Waals surface area contributed by atoms with E-state index in [0.29, 0.717) is 32.8 Å². The SMILES string of the molecule is Nc1cc([N+](=O)[O-])cc(NCCC(=O)N2CCOCC2)n1. The van der Waals surface area contributed by atoms with Crippen molar-refractivity contribution in [1.29, 1.82) is 0 Å². The molecule has 1 amide bonds. The third-order valence-electron chi connectivity index (χ3n) is 3.05. The largest absolute Gasteiger partial charge is 0.383 e. The minimum absolute atomic E-state index is 0.0178. The Bertz CT molecular complexity index is 530. The second-order valence-corrected chi connectivity index (χ2v) is 4.56. The topological polar surface area (TPSA) is 124 Å². The van der Waals surface area contributed by atoms with Gasteiger partial charge in [0.2, 0.25) is 5.91 Å². The van der Waals surface area contributed by atoms with E-state index in [9.17, 15) is 14.9 Å². The number of nitro groups is 1. The molecule has 1 aliphatic heterocycles. The smallest absolute Gasteiger partial charge is 0.276 e. The Morgan fingerprint density at radius 2 is 2.19 bits per heavy atom. The molecular formula is C12H17N5O4. The lowest BCUT2D eigenvalue weighted by Crippen LogP contribution is -2.41. The molecule has 0 saturated carbocycles. The van der Waals surface area contributed by atoms with Crippen LogP contribution in [0, 0.1) is 10.1 Å². The quantitative estimate of drug-likeness (QED) is 0.588. The summed E-state index contributed by atoms with van der Waals surface area (Å²) in [6, 6.07) is 2.47. The summed E-state index contributed by atoms with van der Waals surface area (Å²) in [5, 5.41) is 13.6. The van der Waals surface area contributed by atoms with Crippen LogP contribution in [0.25, 0.3) is 0 Å². The molecule has 114 valence electrons. The molecule has 3 N–H and O–H groups in total. The van der Waals surface area contributed by atoms with Gasteiger partial charge in [-0.15, -0.1) is 0 Å². The van der Waals surface area contributed by atoms with Gasteiger partial charge in [0.25, 0.3) is 5.69 Å². The van der Waals surface area contributed by atoms with E-state index in [1.54, 1.807) is 4.90 Å². The zero-order valence-electron chi connectivity index (χ0n) is 11.4. The molecule has 21 heavy (non-hydrogen) atoms. The minimum Gasteiger partial charge on any atom is -0.383 e. The van der Waals surface area contributed by atoms with Crippen LogP contribution in [0.3, 0.4) is 0 Å². The zero-order valence-corrected chi connectivity index (χ0v) is 11.4. The highest BCUT2D eigenvalue weighted by Crippen LogP contribution is 2.18. The van der Waals surface area contributed by atoms with Crippen molar-refractivity contribution in [2.75, 3.05) is 43.9 Å². The van der Waals surface area contributed by atoms with Crippen molar-refractivity contribution in [3.8, 4) is 0 Å². The maximum Gasteiger partial charge on any atom is 0.276 e. The number of morpholine rings is 1. The van der Waals surface area contributed by atoms with Crippen LogP contribution in [0.2, 0.25) is 0 Å². The molecule has 1 aromatic heterocycles. The number of nitrogens with zero attached hydrogens (tertiary/aromatic N) is 3. The lowest BCUT2D eigenvalue weighted by Gasteiger charge is -2.26. The fourth-order valence-electron chi connectivity index (χ4n) is 2.00. The first-order valence-electron chi connectivity index (χ1n) is 6.57. The molecule has 0 aliphatic carbocycles. The van der Waals surface area contributed by atoms with Gasteiger partial charge >= 0.3 is 0 Å². The second-order valence-electron chi connectivity index (χ2n) is 4.56. The maximum atomic E-state index is 11.9. The highest BCUT2D eigenvalue weighted by Gasteiger charge is 2.16. The molecule has 1 fully saturated rings. The van der Waals surface area contributed by atoms with Crippen LogP contribution >= 0.6 is 0 Å². The number of nitrogens with two attached hydrogens (primary N) is 1. The molecule has 0 aromatic carbocycles. The summed E-state index contributed by atoms with van der Waals surface area (Å²) in [6.07, 6.45) is 0.282. The Morgan fingerprint density at radius 3 is 2.86 bits per heavy atom. The molecule has 0 spiro atoms. The zero-order chi connectivity index (χ0) is 15.2. The molecule has 1 aromatic rings. The minimum atomic E-state index is -0.540. The van der Waals surface area contributed by atoms with Crippen LogP contribution in [0.1, 0.15) is 6.42 Å². The summed E-state index contributed by atoms with van der Waals surface area (Å²) < 4.78 is 5.18. The van der Waals surface area contributed by atoms with Gasteiger partial charge in [-0.3, -0.25) is 14.9 Å². The number of nitrogens with one attached hydrogen (secondary N) is 1. The number of hydrogen-bond acceptors (Lipinski definition) is 7. The predicted molar refractivity (Wildman–Crippen MR) is 75.8 cm³/mol. The van der Waals surface area contributed by atoms with Crippen LogP contribution < -0.4 is 11.1 Å². The number of carbonyl (C=O) groups is 1. The summed E-state index contributed by atoms with van der Waals surface area (Å²) in [5.41, 5.74) is 5.37. The summed E-state index contributed by atoms with van der Waals surface area (Å²) in [4.78, 5) is 27.8. The average Bonchev–Trinajstić information content (AvgIpc) is 2.47. The molecule has 0 atom stereocenters. The van der Waals surface area contributed by atoms with E-state index in [2.05, 4.69) is 10.3 Å². The molecule has 0 radical (unpaired) electrons. The Balaban J connectivity index is 1.85. The van der Waals surface area contributed by atoms with Crippen LogP contribution in [0.15, 0.2) is 12.1 Å². The van der Waals surface area contributed by atoms with Gasteiger partial charge in [0.1, 0.15) is 11.6 Å². The third kappa shape index (κ3) is 4.28. The first kappa shape index (κ1) is 15.0. The normalized spacial score (nSPS) is 14.8. The van der Waals surface area contributed by atoms with E-state index in [4.69, 9.17) is 10.5 Å². The number of aromatic nitrogens is 1. The van der Waals surface area contributed by atoms with Crippen molar-refractivity contribution >= 4 is 23.2 Å². The Hall–Kier alpha value is -2.42. The Morgan fingerprint density at radius 1 is 1.48 bits per heavy atom. The predicted octanol–water partition coefficient (Wildman–Crippen LogP) is 0.233. The molecule has 0 bridgehead atoms. The average molecular weight is 295 g/mol. The molecule has 2 rings (SSSR count). The highest BCUT2D eigenvalue weighted by atomic mass is 16.6. The number of nitrogen functional groups attached to an aromatic ring is 1. The van der Waals surface area contributed by atoms with Gasteiger partial charge in [0.15, 0.2) is 0 Å². The second kappa shape index (κ2) is 6.84. The number of anilines is 2. The van der Waals surface area contributed by atoms with Gasteiger partial charge in [-0.05, 0) is 0 Å². The fraction of sp³-hybridized carbons (Fsp3) is 0.500. The molecule has 9 heteroatoms. The number of ether oxygens (including phenoxy) is 1.